The number of rotatable bonds is 4. The fourth-order valence-electron chi connectivity index (χ4n) is 4.46. The number of carbonyl (C=O) groups is 1. The molecular weight excluding hydrogens is 316 g/mol. The molecule has 1 saturated heterocycles. The second kappa shape index (κ2) is 7.18. The number of hydrogen-bond donors (Lipinski definition) is 2. The molecule has 2 heterocycles. The van der Waals surface area contributed by atoms with Crippen molar-refractivity contribution in [2.45, 2.75) is 37.6 Å². The first kappa shape index (κ1) is 16.6. The first-order valence-electron chi connectivity index (χ1n) is 9.47. The van der Waals surface area contributed by atoms with Crippen molar-refractivity contribution < 1.29 is 18.8 Å². The van der Waals surface area contributed by atoms with Gasteiger partial charge >= 0.3 is 0 Å². The van der Waals surface area contributed by atoms with Crippen molar-refractivity contribution in [3.8, 4) is 0 Å². The molecular formula is C20H27N2O3+. The van der Waals surface area contributed by atoms with Crippen LogP contribution in [-0.4, -0.2) is 44.3 Å². The monoisotopic (exact) mass is 343 g/mol. The van der Waals surface area contributed by atoms with Crippen LogP contribution in [0.3, 0.4) is 0 Å². The predicted octanol–water partition coefficient (Wildman–Crippen LogP) is 1.78. The van der Waals surface area contributed by atoms with Crippen molar-refractivity contribution in [1.29, 1.82) is 0 Å². The lowest BCUT2D eigenvalue weighted by molar-refractivity contribution is -0.960. The molecule has 1 saturated carbocycles. The van der Waals surface area contributed by atoms with E-state index in [9.17, 15) is 4.79 Å². The zero-order valence-corrected chi connectivity index (χ0v) is 14.7. The number of quaternary nitrogens is 1. The Bertz CT molecular complexity index is 694. The number of ether oxygens (including phenoxy) is 1. The number of fused-ring (bicyclic) bond motifs is 1. The topological polar surface area (TPSA) is 55.9 Å². The Balaban J connectivity index is 1.47. The Morgan fingerprint density at radius 2 is 1.88 bits per heavy atom. The van der Waals surface area contributed by atoms with Crippen molar-refractivity contribution in [1.82, 2.24) is 5.32 Å². The van der Waals surface area contributed by atoms with Gasteiger partial charge in [0.2, 0.25) is 0 Å². The number of carbonyl (C=O) groups excluding carboxylic acids is 1. The third kappa shape index (κ3) is 3.44. The Morgan fingerprint density at radius 1 is 1.12 bits per heavy atom. The zero-order valence-electron chi connectivity index (χ0n) is 14.7. The van der Waals surface area contributed by atoms with Crippen LogP contribution in [0.2, 0.25) is 0 Å². The SMILES string of the molecule is O=C(NCC1([NH+]2CCOCC2)CCCCC1)c1cc2ccccc2o1. The second-order valence-corrected chi connectivity index (χ2v) is 7.39. The van der Waals surface area contributed by atoms with Crippen LogP contribution in [0.25, 0.3) is 11.0 Å². The van der Waals surface area contributed by atoms with Gasteiger partial charge in [-0.25, -0.2) is 0 Å². The average molecular weight is 343 g/mol. The van der Waals surface area contributed by atoms with Gasteiger partial charge in [-0.05, 0) is 25.0 Å². The highest BCUT2D eigenvalue weighted by Gasteiger charge is 2.42. The third-order valence-corrected chi connectivity index (χ3v) is 5.89. The summed E-state index contributed by atoms with van der Waals surface area (Å²) in [6.45, 7) is 4.46. The lowest BCUT2D eigenvalue weighted by Gasteiger charge is -2.44. The van der Waals surface area contributed by atoms with Crippen molar-refractivity contribution in [3.63, 3.8) is 0 Å². The van der Waals surface area contributed by atoms with E-state index < -0.39 is 0 Å². The fraction of sp³-hybridized carbons (Fsp3) is 0.550. The molecule has 4 rings (SSSR count). The van der Waals surface area contributed by atoms with Crippen LogP contribution >= 0.6 is 0 Å². The highest BCUT2D eigenvalue weighted by atomic mass is 16.5. The van der Waals surface area contributed by atoms with E-state index in [4.69, 9.17) is 9.15 Å². The Morgan fingerprint density at radius 3 is 2.64 bits per heavy atom. The summed E-state index contributed by atoms with van der Waals surface area (Å²) in [7, 11) is 0. The van der Waals surface area contributed by atoms with Crippen molar-refractivity contribution in [2.75, 3.05) is 32.8 Å². The Labute approximate surface area is 148 Å². The number of morpholine rings is 1. The molecule has 1 amide bonds. The molecule has 1 aliphatic carbocycles. The van der Waals surface area contributed by atoms with Crippen molar-refractivity contribution in [3.05, 3.63) is 36.1 Å². The molecule has 25 heavy (non-hydrogen) atoms. The summed E-state index contributed by atoms with van der Waals surface area (Å²) < 4.78 is 11.3. The Hall–Kier alpha value is -1.85. The number of nitrogens with one attached hydrogen (secondary N) is 2. The molecule has 2 aromatic rings. The molecule has 1 aliphatic heterocycles. The Kier molecular flexibility index (Phi) is 4.77. The lowest BCUT2D eigenvalue weighted by Crippen LogP contribution is -3.23. The quantitative estimate of drug-likeness (QED) is 0.890. The van der Waals surface area contributed by atoms with E-state index in [1.165, 1.54) is 32.1 Å². The summed E-state index contributed by atoms with van der Waals surface area (Å²) >= 11 is 0. The molecule has 0 spiro atoms. The molecule has 5 nitrogen and oxygen atoms in total. The maximum atomic E-state index is 12.6. The van der Waals surface area contributed by atoms with Crippen molar-refractivity contribution >= 4 is 16.9 Å². The first-order valence-corrected chi connectivity index (χ1v) is 9.47. The van der Waals surface area contributed by atoms with Crippen LogP contribution in [0, 0.1) is 0 Å². The van der Waals surface area contributed by atoms with Gasteiger partial charge in [0.15, 0.2) is 5.76 Å². The highest BCUT2D eigenvalue weighted by molar-refractivity contribution is 5.96. The van der Waals surface area contributed by atoms with Gasteiger partial charge in [0.05, 0.1) is 19.8 Å². The molecule has 1 aromatic carbocycles. The van der Waals surface area contributed by atoms with E-state index in [1.807, 2.05) is 30.3 Å². The van der Waals surface area contributed by atoms with E-state index >= 15 is 0 Å². The van der Waals surface area contributed by atoms with Gasteiger partial charge in [-0.1, -0.05) is 24.6 Å². The molecule has 5 heteroatoms. The molecule has 1 aromatic heterocycles. The minimum Gasteiger partial charge on any atom is -0.451 e. The van der Waals surface area contributed by atoms with Gasteiger partial charge < -0.3 is 19.4 Å². The number of amides is 1. The van der Waals surface area contributed by atoms with E-state index in [-0.39, 0.29) is 11.4 Å². The van der Waals surface area contributed by atoms with Crippen LogP contribution in [0.15, 0.2) is 34.7 Å². The smallest absolute Gasteiger partial charge is 0.287 e. The third-order valence-electron chi connectivity index (χ3n) is 5.89. The fourth-order valence-corrected chi connectivity index (χ4v) is 4.46. The minimum absolute atomic E-state index is 0.103. The number of hydrogen-bond acceptors (Lipinski definition) is 3. The van der Waals surface area contributed by atoms with Crippen LogP contribution in [0.5, 0.6) is 0 Å². The number of benzene rings is 1. The largest absolute Gasteiger partial charge is 0.451 e. The van der Waals surface area contributed by atoms with E-state index in [0.29, 0.717) is 5.76 Å². The molecule has 0 radical (unpaired) electrons. The van der Waals surface area contributed by atoms with E-state index in [0.717, 1.165) is 43.8 Å². The van der Waals surface area contributed by atoms with Gasteiger partial charge in [-0.3, -0.25) is 4.79 Å². The normalized spacial score (nSPS) is 21.3. The second-order valence-electron chi connectivity index (χ2n) is 7.39. The average Bonchev–Trinajstić information content (AvgIpc) is 3.12. The van der Waals surface area contributed by atoms with Crippen LogP contribution in [-0.2, 0) is 4.74 Å². The van der Waals surface area contributed by atoms with Gasteiger partial charge in [-0.2, -0.15) is 0 Å². The molecule has 0 atom stereocenters. The molecule has 0 unspecified atom stereocenters. The van der Waals surface area contributed by atoms with E-state index in [2.05, 4.69) is 5.32 Å². The van der Waals surface area contributed by atoms with Gasteiger partial charge in [-0.15, -0.1) is 0 Å². The summed E-state index contributed by atoms with van der Waals surface area (Å²) in [5.41, 5.74) is 0.919. The zero-order chi connectivity index (χ0) is 17.1. The van der Waals surface area contributed by atoms with Gasteiger partial charge in [0.1, 0.15) is 24.2 Å². The van der Waals surface area contributed by atoms with Crippen LogP contribution < -0.4 is 10.2 Å². The first-order chi connectivity index (χ1) is 12.3. The predicted molar refractivity (Wildman–Crippen MR) is 95.9 cm³/mol. The van der Waals surface area contributed by atoms with E-state index in [1.54, 1.807) is 4.90 Å². The number of para-hydroxylation sites is 1. The van der Waals surface area contributed by atoms with Gasteiger partial charge in [0.25, 0.3) is 5.91 Å². The van der Waals surface area contributed by atoms with Crippen LogP contribution in [0.4, 0.5) is 0 Å². The molecule has 0 bridgehead atoms. The highest BCUT2D eigenvalue weighted by Crippen LogP contribution is 2.26. The van der Waals surface area contributed by atoms with Gasteiger partial charge in [0, 0.05) is 18.2 Å². The summed E-state index contributed by atoms with van der Waals surface area (Å²) in [6.07, 6.45) is 6.18. The minimum atomic E-state index is -0.103. The van der Waals surface area contributed by atoms with Crippen LogP contribution in [0.1, 0.15) is 42.7 Å². The molecule has 2 N–H and O–H groups in total. The molecule has 134 valence electrons. The summed E-state index contributed by atoms with van der Waals surface area (Å²) in [6, 6.07) is 9.58. The summed E-state index contributed by atoms with van der Waals surface area (Å²) in [5.74, 6) is 0.304. The summed E-state index contributed by atoms with van der Waals surface area (Å²) in [5, 5.41) is 4.14. The molecule has 2 aliphatic rings. The summed E-state index contributed by atoms with van der Waals surface area (Å²) in [4.78, 5) is 14.2. The lowest BCUT2D eigenvalue weighted by atomic mass is 9.79. The molecule has 2 fully saturated rings. The standard InChI is InChI=1S/C20H26N2O3/c23-19(18-14-16-6-2-3-7-17(16)25-18)21-15-20(8-4-1-5-9-20)22-10-12-24-13-11-22/h2-3,6-7,14H,1,4-5,8-13,15H2,(H,21,23)/p+1. The van der Waals surface area contributed by atoms with Crippen molar-refractivity contribution in [2.24, 2.45) is 0 Å². The number of furan rings is 1. The maximum Gasteiger partial charge on any atom is 0.287 e. The maximum absolute atomic E-state index is 12.6.